The van der Waals surface area contributed by atoms with Crippen LogP contribution in [0.1, 0.15) is 45.1 Å². The number of carbonyl (C=O) groups excluding carboxylic acids is 1. The monoisotopic (exact) mass is 546 g/mol. The zero-order valence-corrected chi connectivity index (χ0v) is 24.1. The second-order valence-corrected chi connectivity index (χ2v) is 11.0. The SMILES string of the molecule is COc1cc2c(N3CCN(C(=O)Nc4ccc(OC(C)C)cc4)CC3)ncnc2cc1CCCN1CCCCC1. The van der Waals surface area contributed by atoms with Crippen molar-refractivity contribution in [3.05, 3.63) is 48.3 Å². The summed E-state index contributed by atoms with van der Waals surface area (Å²) < 4.78 is 11.5. The van der Waals surface area contributed by atoms with Gasteiger partial charge in [0.25, 0.3) is 0 Å². The highest BCUT2D eigenvalue weighted by Crippen LogP contribution is 2.31. The van der Waals surface area contributed by atoms with E-state index in [9.17, 15) is 4.79 Å². The van der Waals surface area contributed by atoms with E-state index in [1.165, 1.54) is 37.9 Å². The number of benzene rings is 2. The van der Waals surface area contributed by atoms with Crippen LogP contribution in [-0.2, 0) is 6.42 Å². The molecule has 2 aliphatic rings. The molecular weight excluding hydrogens is 504 g/mol. The third-order valence-corrected chi connectivity index (χ3v) is 7.73. The van der Waals surface area contributed by atoms with Crippen LogP contribution in [-0.4, -0.2) is 84.8 Å². The van der Waals surface area contributed by atoms with E-state index in [0.717, 1.165) is 53.3 Å². The van der Waals surface area contributed by atoms with Crippen molar-refractivity contribution in [3.8, 4) is 11.5 Å². The summed E-state index contributed by atoms with van der Waals surface area (Å²) in [6, 6.07) is 11.6. The van der Waals surface area contributed by atoms with Crippen LogP contribution < -0.4 is 19.7 Å². The first-order valence-corrected chi connectivity index (χ1v) is 14.6. The second-order valence-electron chi connectivity index (χ2n) is 11.0. The number of anilines is 2. The molecule has 0 atom stereocenters. The van der Waals surface area contributed by atoms with Gasteiger partial charge in [-0.15, -0.1) is 0 Å². The number of nitrogens with zero attached hydrogens (tertiary/aromatic N) is 5. The van der Waals surface area contributed by atoms with Crippen molar-refractivity contribution in [2.45, 2.75) is 52.1 Å². The number of piperazine rings is 1. The smallest absolute Gasteiger partial charge is 0.321 e. The van der Waals surface area contributed by atoms with Crippen LogP contribution in [0, 0.1) is 0 Å². The fourth-order valence-corrected chi connectivity index (χ4v) is 5.64. The molecule has 0 unspecified atom stereocenters. The number of nitrogens with one attached hydrogen (secondary N) is 1. The number of aromatic nitrogens is 2. The Morgan fingerprint density at radius 3 is 2.42 bits per heavy atom. The number of hydrogen-bond donors (Lipinski definition) is 1. The molecule has 2 aromatic carbocycles. The fourth-order valence-electron chi connectivity index (χ4n) is 5.64. The third kappa shape index (κ3) is 6.94. The average Bonchev–Trinajstić information content (AvgIpc) is 2.98. The largest absolute Gasteiger partial charge is 0.496 e. The van der Waals surface area contributed by atoms with E-state index < -0.39 is 0 Å². The minimum absolute atomic E-state index is 0.0967. The fraction of sp³-hybridized carbons (Fsp3) is 0.516. The van der Waals surface area contributed by atoms with Crippen molar-refractivity contribution in [3.63, 3.8) is 0 Å². The Kier molecular flexibility index (Phi) is 9.21. The Morgan fingerprint density at radius 2 is 1.73 bits per heavy atom. The van der Waals surface area contributed by atoms with Crippen molar-refractivity contribution in [1.29, 1.82) is 0 Å². The Hall–Kier alpha value is -3.59. The van der Waals surface area contributed by atoms with Crippen molar-refractivity contribution in [2.24, 2.45) is 0 Å². The number of amides is 2. The predicted molar refractivity (Wildman–Crippen MR) is 160 cm³/mol. The molecule has 9 heteroatoms. The van der Waals surface area contributed by atoms with Gasteiger partial charge in [0, 0.05) is 37.3 Å². The number of likely N-dealkylation sites (tertiary alicyclic amines) is 1. The molecule has 2 amide bonds. The minimum Gasteiger partial charge on any atom is -0.496 e. The van der Waals surface area contributed by atoms with Gasteiger partial charge in [-0.25, -0.2) is 14.8 Å². The first-order chi connectivity index (χ1) is 19.5. The lowest BCUT2D eigenvalue weighted by Gasteiger charge is -2.35. The van der Waals surface area contributed by atoms with Crippen LogP contribution >= 0.6 is 0 Å². The first-order valence-electron chi connectivity index (χ1n) is 14.6. The third-order valence-electron chi connectivity index (χ3n) is 7.73. The second kappa shape index (κ2) is 13.2. The molecule has 2 saturated heterocycles. The van der Waals surface area contributed by atoms with Gasteiger partial charge in [0.05, 0.1) is 18.7 Å². The number of ether oxygens (including phenoxy) is 2. The van der Waals surface area contributed by atoms with E-state index in [0.29, 0.717) is 26.2 Å². The summed E-state index contributed by atoms with van der Waals surface area (Å²) >= 11 is 0. The molecule has 3 heterocycles. The van der Waals surface area contributed by atoms with Crippen LogP contribution in [0.15, 0.2) is 42.7 Å². The highest BCUT2D eigenvalue weighted by atomic mass is 16.5. The molecule has 2 fully saturated rings. The van der Waals surface area contributed by atoms with Gasteiger partial charge in [0.2, 0.25) is 0 Å². The van der Waals surface area contributed by atoms with Gasteiger partial charge in [-0.05, 0) is 101 Å². The first kappa shape index (κ1) is 28.0. The molecule has 0 bridgehead atoms. The summed E-state index contributed by atoms with van der Waals surface area (Å²) in [7, 11) is 1.74. The highest BCUT2D eigenvalue weighted by molar-refractivity contribution is 5.92. The van der Waals surface area contributed by atoms with E-state index in [4.69, 9.17) is 9.47 Å². The molecule has 1 N–H and O–H groups in total. The van der Waals surface area contributed by atoms with Gasteiger partial charge in [-0.3, -0.25) is 0 Å². The van der Waals surface area contributed by atoms with E-state index in [1.807, 2.05) is 43.0 Å². The number of piperidine rings is 1. The Bertz CT molecular complexity index is 1270. The molecule has 214 valence electrons. The van der Waals surface area contributed by atoms with Crippen molar-refractivity contribution in [1.82, 2.24) is 19.8 Å². The maximum Gasteiger partial charge on any atom is 0.321 e. The lowest BCUT2D eigenvalue weighted by molar-refractivity contribution is 0.208. The summed E-state index contributed by atoms with van der Waals surface area (Å²) in [5, 5.41) is 3.99. The molecule has 2 aliphatic heterocycles. The molecule has 0 radical (unpaired) electrons. The topological polar surface area (TPSA) is 83.1 Å². The van der Waals surface area contributed by atoms with Gasteiger partial charge in [-0.2, -0.15) is 0 Å². The van der Waals surface area contributed by atoms with Gasteiger partial charge >= 0.3 is 6.03 Å². The van der Waals surface area contributed by atoms with Gasteiger partial charge in [-0.1, -0.05) is 6.42 Å². The van der Waals surface area contributed by atoms with E-state index >= 15 is 0 Å². The summed E-state index contributed by atoms with van der Waals surface area (Å²) in [5.74, 6) is 2.58. The number of fused-ring (bicyclic) bond motifs is 1. The molecule has 3 aromatic rings. The van der Waals surface area contributed by atoms with Gasteiger partial charge < -0.3 is 29.5 Å². The number of urea groups is 1. The van der Waals surface area contributed by atoms with E-state index in [2.05, 4.69) is 37.2 Å². The molecule has 0 saturated carbocycles. The van der Waals surface area contributed by atoms with Crippen molar-refractivity contribution < 1.29 is 14.3 Å². The summed E-state index contributed by atoms with van der Waals surface area (Å²) in [5.41, 5.74) is 2.88. The number of rotatable bonds is 9. The van der Waals surface area contributed by atoms with Crippen molar-refractivity contribution >= 4 is 28.4 Å². The minimum atomic E-state index is -0.0967. The molecule has 0 aliphatic carbocycles. The maximum atomic E-state index is 12.9. The predicted octanol–water partition coefficient (Wildman–Crippen LogP) is 5.20. The normalized spacial score (nSPS) is 16.4. The molecular formula is C31H42N6O3. The Morgan fingerprint density at radius 1 is 0.975 bits per heavy atom. The van der Waals surface area contributed by atoms with Crippen LogP contribution in [0.3, 0.4) is 0 Å². The number of methoxy groups -OCH3 is 1. The van der Waals surface area contributed by atoms with E-state index in [-0.39, 0.29) is 12.1 Å². The summed E-state index contributed by atoms with van der Waals surface area (Å²) in [4.78, 5) is 28.8. The van der Waals surface area contributed by atoms with Crippen LogP contribution in [0.25, 0.3) is 10.9 Å². The summed E-state index contributed by atoms with van der Waals surface area (Å²) in [6.45, 7) is 10.2. The zero-order valence-electron chi connectivity index (χ0n) is 24.1. The van der Waals surface area contributed by atoms with Crippen LogP contribution in [0.4, 0.5) is 16.3 Å². The molecule has 5 rings (SSSR count). The molecule has 9 nitrogen and oxygen atoms in total. The standard InChI is InChI=1S/C31H42N6O3/c1-23(2)40-26-11-9-25(10-12-26)34-31(38)37-18-16-36(17-19-37)30-27-21-29(39-3)24(20-28(27)32-22-33-30)8-7-15-35-13-5-4-6-14-35/h9-12,20-23H,4-8,13-19H2,1-3H3,(H,34,38). The van der Waals surface area contributed by atoms with Gasteiger partial charge in [0.1, 0.15) is 23.6 Å². The quantitative estimate of drug-likeness (QED) is 0.395. The Balaban J connectivity index is 1.20. The molecule has 1 aromatic heterocycles. The van der Waals surface area contributed by atoms with Crippen LogP contribution in [0.2, 0.25) is 0 Å². The number of hydrogen-bond acceptors (Lipinski definition) is 7. The summed E-state index contributed by atoms with van der Waals surface area (Å²) in [6.07, 6.45) is 7.84. The lowest BCUT2D eigenvalue weighted by Crippen LogP contribution is -2.50. The molecule has 40 heavy (non-hydrogen) atoms. The Labute approximate surface area is 237 Å². The highest BCUT2D eigenvalue weighted by Gasteiger charge is 2.24. The molecule has 0 spiro atoms. The maximum absolute atomic E-state index is 12.9. The number of aryl methyl sites for hydroxylation is 1. The van der Waals surface area contributed by atoms with Crippen molar-refractivity contribution in [2.75, 3.05) is 63.1 Å². The average molecular weight is 547 g/mol. The van der Waals surface area contributed by atoms with Crippen LogP contribution in [0.5, 0.6) is 11.5 Å². The van der Waals surface area contributed by atoms with E-state index in [1.54, 1.807) is 13.4 Å². The zero-order chi connectivity index (χ0) is 27.9. The van der Waals surface area contributed by atoms with Gasteiger partial charge in [0.15, 0.2) is 0 Å². The number of carbonyl (C=O) groups is 1. The lowest BCUT2D eigenvalue weighted by atomic mass is 10.0.